The molecular formula is C62H120N2O8. The number of carbonyl (C=O) groups excluding carboxylic acids is 4. The molecule has 0 saturated heterocycles. The number of rotatable bonds is 54. The van der Waals surface area contributed by atoms with Gasteiger partial charge in [0.15, 0.2) is 0 Å². The Balaban J connectivity index is 5.24. The van der Waals surface area contributed by atoms with E-state index in [-0.39, 0.29) is 48.4 Å². The highest BCUT2D eigenvalue weighted by Gasteiger charge is 2.22. The molecule has 0 spiro atoms. The molecule has 0 aromatic heterocycles. The van der Waals surface area contributed by atoms with Gasteiger partial charge in [0.2, 0.25) is 0 Å². The summed E-state index contributed by atoms with van der Waals surface area (Å²) in [5.41, 5.74) is 0. The van der Waals surface area contributed by atoms with Crippen molar-refractivity contribution in [2.24, 2.45) is 0 Å². The van der Waals surface area contributed by atoms with Crippen molar-refractivity contribution >= 4 is 24.0 Å². The fourth-order valence-corrected chi connectivity index (χ4v) is 9.70. The smallest absolute Gasteiger partial charge is 0.410 e. The molecule has 72 heavy (non-hydrogen) atoms. The summed E-state index contributed by atoms with van der Waals surface area (Å²) in [6.45, 7) is 15.0. The predicted molar refractivity (Wildman–Crippen MR) is 303 cm³/mol. The second kappa shape index (κ2) is 52.1. The molecule has 0 aliphatic heterocycles. The lowest BCUT2D eigenvalue weighted by Gasteiger charge is -2.26. The van der Waals surface area contributed by atoms with Crippen molar-refractivity contribution in [3.05, 3.63) is 0 Å². The molecule has 0 aliphatic rings. The number of hydrogen-bond donors (Lipinski definition) is 0. The van der Waals surface area contributed by atoms with Crippen LogP contribution in [0.2, 0.25) is 0 Å². The minimum Gasteiger partial charge on any atom is -0.463 e. The van der Waals surface area contributed by atoms with Crippen LogP contribution in [-0.2, 0) is 33.3 Å². The molecule has 1 amide bonds. The molecule has 10 heteroatoms. The third kappa shape index (κ3) is 46.2. The van der Waals surface area contributed by atoms with Crippen LogP contribution in [0.5, 0.6) is 0 Å². The van der Waals surface area contributed by atoms with Crippen LogP contribution in [-0.4, -0.2) is 91.9 Å². The number of ether oxygens (including phenoxy) is 4. The Hall–Kier alpha value is -2.36. The minimum absolute atomic E-state index is 0.0243. The van der Waals surface area contributed by atoms with Gasteiger partial charge in [0.05, 0.1) is 6.10 Å². The zero-order chi connectivity index (χ0) is 53.1. The molecule has 0 radical (unpaired) electrons. The topological polar surface area (TPSA) is 112 Å². The van der Waals surface area contributed by atoms with E-state index in [1.807, 2.05) is 25.9 Å². The maximum absolute atomic E-state index is 13.9. The second-order valence-electron chi connectivity index (χ2n) is 22.0. The molecule has 0 rings (SSSR count). The van der Waals surface area contributed by atoms with Crippen LogP contribution in [0.3, 0.4) is 0 Å². The van der Waals surface area contributed by atoms with Crippen molar-refractivity contribution in [1.82, 2.24) is 9.80 Å². The van der Waals surface area contributed by atoms with Crippen LogP contribution in [0.4, 0.5) is 4.79 Å². The number of esters is 3. The molecule has 0 fully saturated rings. The monoisotopic (exact) mass is 1020 g/mol. The summed E-state index contributed by atoms with van der Waals surface area (Å²) in [5, 5.41) is 0. The Labute approximate surface area is 446 Å². The Kier molecular flexibility index (Phi) is 50.4. The Bertz CT molecular complexity index is 1150. The quantitative estimate of drug-likeness (QED) is 0.0334. The van der Waals surface area contributed by atoms with Crippen LogP contribution in [0.15, 0.2) is 0 Å². The van der Waals surface area contributed by atoms with Gasteiger partial charge in [0.1, 0.15) is 18.3 Å². The summed E-state index contributed by atoms with van der Waals surface area (Å²) >= 11 is 0. The average Bonchev–Trinajstić information content (AvgIpc) is 3.35. The molecule has 0 N–H and O–H groups in total. The van der Waals surface area contributed by atoms with E-state index < -0.39 is 0 Å². The van der Waals surface area contributed by atoms with Gasteiger partial charge in [-0.05, 0) is 143 Å². The van der Waals surface area contributed by atoms with E-state index in [0.717, 1.165) is 180 Å². The molecule has 0 aromatic rings. The van der Waals surface area contributed by atoms with Gasteiger partial charge in [0, 0.05) is 32.4 Å². The molecular weight excluding hydrogens is 901 g/mol. The summed E-state index contributed by atoms with van der Waals surface area (Å²) in [6.07, 6.45) is 43.9. The molecule has 0 aliphatic carbocycles. The first-order chi connectivity index (χ1) is 35.0. The summed E-state index contributed by atoms with van der Waals surface area (Å²) in [5.74, 6) is -0.240. The summed E-state index contributed by atoms with van der Waals surface area (Å²) in [7, 11) is 4.09. The van der Waals surface area contributed by atoms with Crippen LogP contribution in [0, 0.1) is 0 Å². The van der Waals surface area contributed by atoms with E-state index in [2.05, 4.69) is 39.5 Å². The fraction of sp³-hybridized carbons (Fsp3) is 0.935. The van der Waals surface area contributed by atoms with E-state index in [1.165, 1.54) is 77.0 Å². The van der Waals surface area contributed by atoms with Crippen molar-refractivity contribution in [2.75, 3.05) is 33.7 Å². The lowest BCUT2D eigenvalue weighted by Crippen LogP contribution is -2.37. The van der Waals surface area contributed by atoms with Gasteiger partial charge in [-0.2, -0.15) is 0 Å². The number of amides is 1. The molecule has 10 nitrogen and oxygen atoms in total. The first kappa shape index (κ1) is 69.6. The maximum Gasteiger partial charge on any atom is 0.410 e. The molecule has 0 aromatic carbocycles. The largest absolute Gasteiger partial charge is 0.463 e. The Morgan fingerprint density at radius 1 is 0.319 bits per heavy atom. The van der Waals surface area contributed by atoms with Crippen LogP contribution in [0.1, 0.15) is 318 Å². The van der Waals surface area contributed by atoms with Crippen molar-refractivity contribution in [3.8, 4) is 0 Å². The van der Waals surface area contributed by atoms with Gasteiger partial charge >= 0.3 is 24.0 Å². The van der Waals surface area contributed by atoms with Gasteiger partial charge in [-0.3, -0.25) is 14.4 Å². The van der Waals surface area contributed by atoms with Crippen molar-refractivity contribution in [2.45, 2.75) is 342 Å². The number of carbonyl (C=O) groups is 4. The van der Waals surface area contributed by atoms with E-state index in [4.69, 9.17) is 18.9 Å². The number of hydrogen-bond acceptors (Lipinski definition) is 9. The second-order valence-corrected chi connectivity index (χ2v) is 22.0. The minimum atomic E-state index is -0.271. The van der Waals surface area contributed by atoms with Crippen LogP contribution < -0.4 is 0 Å². The lowest BCUT2D eigenvalue weighted by atomic mass is 10.0. The van der Waals surface area contributed by atoms with Gasteiger partial charge in [-0.25, -0.2) is 4.79 Å². The van der Waals surface area contributed by atoms with Gasteiger partial charge in [-0.15, -0.1) is 0 Å². The summed E-state index contributed by atoms with van der Waals surface area (Å²) in [4.78, 5) is 56.2. The third-order valence-electron chi connectivity index (χ3n) is 14.3. The molecule has 0 saturated carbocycles. The Morgan fingerprint density at radius 2 is 0.611 bits per heavy atom. The molecule has 0 bridgehead atoms. The van der Waals surface area contributed by atoms with E-state index in [0.29, 0.717) is 38.8 Å². The standard InChI is InChI=1S/C62H120N2O8/c1-9-14-19-32-43-56(44-33-20-15-10-2)70-60(66)49-38-29-25-23-27-36-47-58(72-62(68)64(54-41-52-63(7)8)53-40-51-59(65)69-55(6)42-31-18-13-5)48-37-28-24-26-30-39-50-61(67)71-57(45-34-21-16-11-3)46-35-22-17-12-4/h55-58H,9-54H2,1-8H3. The van der Waals surface area contributed by atoms with Crippen molar-refractivity contribution in [3.63, 3.8) is 0 Å². The van der Waals surface area contributed by atoms with Gasteiger partial charge in [0.25, 0.3) is 0 Å². The SMILES string of the molecule is CCCCCCC(CCCCCC)OC(=O)CCCCCCCCC(CCCCCCCCC(=O)OC(CCCCCC)CCCCCC)OC(=O)N(CCCC(=O)OC(C)CCCCC)CCCN(C)C. The van der Waals surface area contributed by atoms with Crippen LogP contribution in [0.25, 0.3) is 0 Å². The highest BCUT2D eigenvalue weighted by atomic mass is 16.6. The zero-order valence-electron chi connectivity index (χ0n) is 49.0. The highest BCUT2D eigenvalue weighted by molar-refractivity contribution is 5.70. The Morgan fingerprint density at radius 3 is 1.00 bits per heavy atom. The average molecular weight is 1020 g/mol. The van der Waals surface area contributed by atoms with E-state index in [1.54, 1.807) is 0 Å². The zero-order valence-corrected chi connectivity index (χ0v) is 49.0. The van der Waals surface area contributed by atoms with E-state index in [9.17, 15) is 19.2 Å². The van der Waals surface area contributed by atoms with Crippen molar-refractivity contribution in [1.29, 1.82) is 0 Å². The molecule has 1 atom stereocenters. The lowest BCUT2D eigenvalue weighted by molar-refractivity contribution is -0.151. The molecule has 0 heterocycles. The molecule has 1 unspecified atom stereocenters. The van der Waals surface area contributed by atoms with Crippen LogP contribution >= 0.6 is 0 Å². The number of nitrogens with zero attached hydrogens (tertiary/aromatic N) is 2. The molecule has 426 valence electrons. The normalized spacial score (nSPS) is 12.1. The first-order valence-electron chi connectivity index (χ1n) is 31.2. The maximum atomic E-state index is 13.9. The predicted octanol–water partition coefficient (Wildman–Crippen LogP) is 18.0. The summed E-state index contributed by atoms with van der Waals surface area (Å²) in [6, 6.07) is 0. The van der Waals surface area contributed by atoms with Gasteiger partial charge in [-0.1, -0.05) is 176 Å². The van der Waals surface area contributed by atoms with Crippen molar-refractivity contribution < 1.29 is 38.1 Å². The fourth-order valence-electron chi connectivity index (χ4n) is 9.70. The number of unbranched alkanes of at least 4 members (excludes halogenated alkanes) is 24. The first-order valence-corrected chi connectivity index (χ1v) is 31.2. The highest BCUT2D eigenvalue weighted by Crippen LogP contribution is 2.22. The summed E-state index contributed by atoms with van der Waals surface area (Å²) < 4.78 is 24.1. The van der Waals surface area contributed by atoms with E-state index >= 15 is 0 Å². The third-order valence-corrected chi connectivity index (χ3v) is 14.3. The van der Waals surface area contributed by atoms with Gasteiger partial charge < -0.3 is 28.7 Å².